The van der Waals surface area contributed by atoms with Gasteiger partial charge in [-0.15, -0.1) is 0 Å². The van der Waals surface area contributed by atoms with E-state index in [4.69, 9.17) is 4.74 Å². The smallest absolute Gasteiger partial charge is 0.275 e. The van der Waals surface area contributed by atoms with Crippen LogP contribution >= 0.6 is 15.9 Å². The van der Waals surface area contributed by atoms with Crippen molar-refractivity contribution in [1.82, 2.24) is 5.43 Å². The van der Waals surface area contributed by atoms with Crippen LogP contribution in [0.5, 0.6) is 11.5 Å². The third-order valence-corrected chi connectivity index (χ3v) is 4.31. The van der Waals surface area contributed by atoms with Gasteiger partial charge in [0.25, 0.3) is 5.91 Å². The van der Waals surface area contributed by atoms with Crippen LogP contribution in [0.2, 0.25) is 0 Å². The molecule has 0 aliphatic heterocycles. The quantitative estimate of drug-likeness (QED) is 0.300. The number of hydrogen-bond donors (Lipinski definition) is 2. The van der Waals surface area contributed by atoms with E-state index in [0.29, 0.717) is 28.3 Å². The first-order chi connectivity index (χ1) is 14.1. The Kier molecular flexibility index (Phi) is 6.70. The zero-order valence-corrected chi connectivity index (χ0v) is 17.0. The van der Waals surface area contributed by atoms with Gasteiger partial charge in [-0.1, -0.05) is 34.1 Å². The number of ether oxygens (including phenoxy) is 1. The molecule has 0 heterocycles. The molecule has 0 saturated carbocycles. The number of carbonyl (C=O) groups is 1. The molecule has 0 bridgehead atoms. The minimum Gasteiger partial charge on any atom is -0.507 e. The summed E-state index contributed by atoms with van der Waals surface area (Å²) in [7, 11) is 1.49. The van der Waals surface area contributed by atoms with Crippen molar-refractivity contribution in [3.8, 4) is 11.5 Å². The average Bonchev–Trinajstić information content (AvgIpc) is 2.74. The van der Waals surface area contributed by atoms with Crippen LogP contribution in [0, 0.1) is 0 Å². The van der Waals surface area contributed by atoms with Crippen LogP contribution in [-0.2, 0) is 0 Å². The van der Waals surface area contributed by atoms with Gasteiger partial charge in [0.15, 0.2) is 0 Å². The standard InChI is InChI=1S/C21H17BrN4O3/c1-29-20-8-3-2-7-18(20)21(28)26-23-13-14-11-17(9-10-19(14)27)25-24-16-6-4-5-15(22)12-16/h2-13,27H,1H3,(H,26,28). The maximum atomic E-state index is 12.2. The van der Waals surface area contributed by atoms with Crippen LogP contribution in [0.1, 0.15) is 15.9 Å². The number of phenols is 1. The van der Waals surface area contributed by atoms with Gasteiger partial charge in [0.1, 0.15) is 11.5 Å². The van der Waals surface area contributed by atoms with Crippen molar-refractivity contribution < 1.29 is 14.6 Å². The number of para-hydroxylation sites is 1. The van der Waals surface area contributed by atoms with Crippen LogP contribution in [0.15, 0.2) is 86.5 Å². The molecule has 29 heavy (non-hydrogen) atoms. The van der Waals surface area contributed by atoms with E-state index in [1.54, 1.807) is 36.4 Å². The van der Waals surface area contributed by atoms with Gasteiger partial charge in [0.2, 0.25) is 0 Å². The second kappa shape index (κ2) is 9.61. The first-order valence-corrected chi connectivity index (χ1v) is 9.33. The number of nitrogens with zero attached hydrogens (tertiary/aromatic N) is 3. The highest BCUT2D eigenvalue weighted by Gasteiger charge is 2.10. The van der Waals surface area contributed by atoms with Crippen LogP contribution in [0.25, 0.3) is 0 Å². The van der Waals surface area contributed by atoms with E-state index < -0.39 is 5.91 Å². The van der Waals surface area contributed by atoms with E-state index in [9.17, 15) is 9.90 Å². The van der Waals surface area contributed by atoms with Crippen LogP contribution in [-0.4, -0.2) is 24.3 Å². The number of nitrogens with one attached hydrogen (secondary N) is 1. The second-order valence-corrected chi connectivity index (χ2v) is 6.74. The fraction of sp³-hybridized carbons (Fsp3) is 0.0476. The highest BCUT2D eigenvalue weighted by atomic mass is 79.9. The number of methoxy groups -OCH3 is 1. The Morgan fingerprint density at radius 3 is 2.55 bits per heavy atom. The lowest BCUT2D eigenvalue weighted by atomic mass is 10.2. The molecule has 0 unspecified atom stereocenters. The molecule has 0 spiro atoms. The van der Waals surface area contributed by atoms with Crippen molar-refractivity contribution in [2.45, 2.75) is 0 Å². The van der Waals surface area contributed by atoms with Crippen molar-refractivity contribution >= 4 is 39.4 Å². The fourth-order valence-electron chi connectivity index (χ4n) is 2.41. The number of halogens is 1. The van der Waals surface area contributed by atoms with E-state index in [-0.39, 0.29) is 5.75 Å². The maximum Gasteiger partial charge on any atom is 0.275 e. The molecule has 3 aromatic carbocycles. The number of amides is 1. The highest BCUT2D eigenvalue weighted by Crippen LogP contribution is 2.25. The number of benzene rings is 3. The molecule has 0 aromatic heterocycles. The van der Waals surface area contributed by atoms with Gasteiger partial charge in [0, 0.05) is 10.0 Å². The summed E-state index contributed by atoms with van der Waals surface area (Å²) in [5, 5.41) is 22.2. The summed E-state index contributed by atoms with van der Waals surface area (Å²) in [6, 6.07) is 18.9. The fourth-order valence-corrected chi connectivity index (χ4v) is 2.80. The molecule has 0 saturated heterocycles. The molecule has 7 nitrogen and oxygen atoms in total. The van der Waals surface area contributed by atoms with Gasteiger partial charge in [-0.2, -0.15) is 15.3 Å². The minimum atomic E-state index is -0.427. The van der Waals surface area contributed by atoms with E-state index in [1.807, 2.05) is 24.3 Å². The van der Waals surface area contributed by atoms with Crippen molar-refractivity contribution in [1.29, 1.82) is 0 Å². The Bertz CT molecular complexity index is 1080. The van der Waals surface area contributed by atoms with E-state index in [2.05, 4.69) is 36.7 Å². The SMILES string of the molecule is COc1ccccc1C(=O)NN=Cc1cc(N=Nc2cccc(Br)c2)ccc1O. The number of azo groups is 1. The van der Waals surface area contributed by atoms with Crippen molar-refractivity contribution in [2.75, 3.05) is 7.11 Å². The Hall–Kier alpha value is -3.52. The molecule has 2 N–H and O–H groups in total. The van der Waals surface area contributed by atoms with Gasteiger partial charge >= 0.3 is 0 Å². The van der Waals surface area contributed by atoms with Gasteiger partial charge in [-0.05, 0) is 48.5 Å². The summed E-state index contributed by atoms with van der Waals surface area (Å²) in [4.78, 5) is 12.2. The van der Waals surface area contributed by atoms with Crippen LogP contribution in [0.4, 0.5) is 11.4 Å². The number of carbonyl (C=O) groups excluding carboxylic acids is 1. The molecule has 0 atom stereocenters. The summed E-state index contributed by atoms with van der Waals surface area (Å²) in [6.45, 7) is 0. The zero-order valence-electron chi connectivity index (χ0n) is 15.4. The summed E-state index contributed by atoms with van der Waals surface area (Å²) in [5.41, 5.74) is 4.37. The third-order valence-electron chi connectivity index (χ3n) is 3.82. The molecule has 0 radical (unpaired) electrons. The predicted octanol–water partition coefficient (Wildman–Crippen LogP) is 5.34. The topological polar surface area (TPSA) is 95.6 Å². The monoisotopic (exact) mass is 452 g/mol. The number of hydrogen-bond acceptors (Lipinski definition) is 6. The van der Waals surface area contributed by atoms with Gasteiger partial charge in [-0.25, -0.2) is 5.43 Å². The Labute approximate surface area is 175 Å². The molecular weight excluding hydrogens is 436 g/mol. The van der Waals surface area contributed by atoms with Crippen LogP contribution in [0.3, 0.4) is 0 Å². The molecule has 3 aromatic rings. The molecule has 0 fully saturated rings. The molecule has 8 heteroatoms. The lowest BCUT2D eigenvalue weighted by Gasteiger charge is -2.06. The predicted molar refractivity (Wildman–Crippen MR) is 114 cm³/mol. The van der Waals surface area contributed by atoms with Gasteiger partial charge in [0.05, 0.1) is 30.3 Å². The average molecular weight is 453 g/mol. The third kappa shape index (κ3) is 5.49. The maximum absolute atomic E-state index is 12.2. The highest BCUT2D eigenvalue weighted by molar-refractivity contribution is 9.10. The normalized spacial score (nSPS) is 11.1. The van der Waals surface area contributed by atoms with Gasteiger partial charge < -0.3 is 9.84 Å². The summed E-state index contributed by atoms with van der Waals surface area (Å²) < 4.78 is 6.06. The van der Waals surface area contributed by atoms with E-state index in [1.165, 1.54) is 19.4 Å². The Morgan fingerprint density at radius 2 is 1.79 bits per heavy atom. The van der Waals surface area contributed by atoms with Gasteiger partial charge in [-0.3, -0.25) is 4.79 Å². The van der Waals surface area contributed by atoms with Crippen molar-refractivity contribution in [2.24, 2.45) is 15.3 Å². The number of hydrazone groups is 1. The Morgan fingerprint density at radius 1 is 1.03 bits per heavy atom. The largest absolute Gasteiger partial charge is 0.507 e. The second-order valence-electron chi connectivity index (χ2n) is 5.82. The molecule has 1 amide bonds. The first-order valence-electron chi connectivity index (χ1n) is 8.53. The minimum absolute atomic E-state index is 0.00157. The number of aromatic hydroxyl groups is 1. The number of phenolic OH excluding ortho intramolecular Hbond substituents is 1. The molecule has 146 valence electrons. The molecule has 0 aliphatic rings. The number of rotatable bonds is 6. The summed E-state index contributed by atoms with van der Waals surface area (Å²) in [6.07, 6.45) is 1.33. The molecule has 3 rings (SSSR count). The zero-order chi connectivity index (χ0) is 20.6. The lowest BCUT2D eigenvalue weighted by Crippen LogP contribution is -2.18. The summed E-state index contributed by atoms with van der Waals surface area (Å²) in [5.74, 6) is 0.0170. The Balaban J connectivity index is 1.72. The molecule has 0 aliphatic carbocycles. The van der Waals surface area contributed by atoms with E-state index in [0.717, 1.165) is 4.47 Å². The van der Waals surface area contributed by atoms with Crippen molar-refractivity contribution in [3.63, 3.8) is 0 Å². The lowest BCUT2D eigenvalue weighted by molar-refractivity contribution is 0.0952. The van der Waals surface area contributed by atoms with Crippen LogP contribution < -0.4 is 10.2 Å². The van der Waals surface area contributed by atoms with E-state index >= 15 is 0 Å². The van der Waals surface area contributed by atoms with Crippen molar-refractivity contribution in [3.05, 3.63) is 82.3 Å². The first kappa shape index (κ1) is 20.2. The molecular formula is C21H17BrN4O3. The summed E-state index contributed by atoms with van der Waals surface area (Å²) >= 11 is 3.38.